The lowest BCUT2D eigenvalue weighted by molar-refractivity contribution is -0.143. The lowest BCUT2D eigenvalue weighted by Gasteiger charge is -2.03. The number of nitrogens with two attached hydrogens (primary N) is 1. The molecule has 0 aliphatic carbocycles. The van der Waals surface area contributed by atoms with Crippen LogP contribution in [-0.2, 0) is 6.18 Å². The molecule has 1 heterocycles. The third-order valence-electron chi connectivity index (χ3n) is 1.08. The zero-order valence-electron chi connectivity index (χ0n) is 6.34. The van der Waals surface area contributed by atoms with Gasteiger partial charge in [-0.3, -0.25) is 0 Å². The Hall–Kier alpha value is -1.31. The van der Waals surface area contributed by atoms with E-state index in [4.69, 9.17) is 5.73 Å². The first kappa shape index (κ1) is 9.78. The Morgan fingerprint density at radius 2 is 2.08 bits per heavy atom. The molecule has 0 aliphatic rings. The van der Waals surface area contributed by atoms with Gasteiger partial charge in [0.2, 0.25) is 0 Å². The number of hydrogen-bond donors (Lipinski definition) is 1. The summed E-state index contributed by atoms with van der Waals surface area (Å²) < 4.78 is 44.5. The molecule has 74 valence electrons. The Kier molecular flexibility index (Phi) is 2.71. The van der Waals surface area contributed by atoms with E-state index in [1.54, 1.807) is 0 Å². The Bertz CT molecular complexity index is 272. The monoisotopic (exact) mass is 197 g/mol. The molecule has 0 atom stereocenters. The van der Waals surface area contributed by atoms with Crippen molar-refractivity contribution in [3.05, 3.63) is 5.69 Å². The predicted octanol–water partition coefficient (Wildman–Crippen LogP) is 0.426. The molecule has 0 saturated heterocycles. The molecule has 0 aliphatic heterocycles. The summed E-state index contributed by atoms with van der Waals surface area (Å²) in [5.74, 6) is -0.682. The molecule has 0 spiro atoms. The van der Waals surface area contributed by atoms with Gasteiger partial charge in [0.1, 0.15) is 6.61 Å². The van der Waals surface area contributed by atoms with Gasteiger partial charge in [-0.2, -0.15) is 13.2 Å². The van der Waals surface area contributed by atoms with Crippen LogP contribution in [0.2, 0.25) is 0 Å². The second-order valence-electron chi connectivity index (χ2n) is 2.05. The number of ether oxygens (including phenoxy) is 1. The zero-order valence-corrected chi connectivity index (χ0v) is 6.34. The molecule has 2 N–H and O–H groups in total. The minimum Gasteiger partial charge on any atom is -0.473 e. The van der Waals surface area contributed by atoms with E-state index in [0.717, 1.165) is 0 Å². The van der Waals surface area contributed by atoms with Crippen molar-refractivity contribution in [2.75, 3.05) is 13.2 Å². The van der Waals surface area contributed by atoms with Crippen LogP contribution in [0.5, 0.6) is 5.88 Å². The van der Waals surface area contributed by atoms with E-state index in [9.17, 15) is 13.2 Å². The predicted molar refractivity (Wildman–Crippen MR) is 33.8 cm³/mol. The summed E-state index contributed by atoms with van der Waals surface area (Å²) in [6, 6.07) is 0. The van der Waals surface area contributed by atoms with Crippen molar-refractivity contribution in [1.82, 2.24) is 10.3 Å². The van der Waals surface area contributed by atoms with Gasteiger partial charge in [0.05, 0.1) is 0 Å². The minimum atomic E-state index is -4.62. The summed E-state index contributed by atoms with van der Waals surface area (Å²) in [6.07, 6.45) is -4.62. The lowest BCUT2D eigenvalue weighted by atomic mass is 10.4. The van der Waals surface area contributed by atoms with Crippen molar-refractivity contribution in [1.29, 1.82) is 0 Å². The van der Waals surface area contributed by atoms with Crippen molar-refractivity contribution >= 4 is 0 Å². The van der Waals surface area contributed by atoms with E-state index in [0.29, 0.717) is 0 Å². The molecule has 0 amide bonds. The van der Waals surface area contributed by atoms with E-state index in [-0.39, 0.29) is 13.2 Å². The highest BCUT2D eigenvalue weighted by molar-refractivity contribution is 5.17. The van der Waals surface area contributed by atoms with Crippen molar-refractivity contribution in [3.63, 3.8) is 0 Å². The molecule has 13 heavy (non-hydrogen) atoms. The van der Waals surface area contributed by atoms with Crippen molar-refractivity contribution in [2.45, 2.75) is 6.18 Å². The standard InChI is InChI=1S/C5H6F3N3O2/c6-5(7,8)3-4(11-13-10-3)12-2-1-9/h1-2,9H2. The topological polar surface area (TPSA) is 74.2 Å². The molecule has 0 unspecified atom stereocenters. The van der Waals surface area contributed by atoms with Crippen molar-refractivity contribution in [3.8, 4) is 5.88 Å². The van der Waals surface area contributed by atoms with E-state index < -0.39 is 17.8 Å². The average molecular weight is 197 g/mol. The Morgan fingerprint density at radius 3 is 2.62 bits per heavy atom. The number of alkyl halides is 3. The summed E-state index contributed by atoms with van der Waals surface area (Å²) in [7, 11) is 0. The highest BCUT2D eigenvalue weighted by atomic mass is 19.4. The van der Waals surface area contributed by atoms with Gasteiger partial charge in [-0.15, -0.1) is 0 Å². The zero-order chi connectivity index (χ0) is 9.90. The van der Waals surface area contributed by atoms with E-state index >= 15 is 0 Å². The Balaban J connectivity index is 2.77. The van der Waals surface area contributed by atoms with Crippen molar-refractivity contribution < 1.29 is 22.5 Å². The Morgan fingerprint density at radius 1 is 1.38 bits per heavy atom. The van der Waals surface area contributed by atoms with Crippen LogP contribution in [0.15, 0.2) is 4.63 Å². The van der Waals surface area contributed by atoms with Crippen LogP contribution >= 0.6 is 0 Å². The molecule has 8 heteroatoms. The van der Waals surface area contributed by atoms with Gasteiger partial charge >= 0.3 is 6.18 Å². The lowest BCUT2D eigenvalue weighted by Crippen LogP contribution is -2.14. The molecule has 1 aromatic rings. The van der Waals surface area contributed by atoms with Crippen LogP contribution in [-0.4, -0.2) is 23.5 Å². The minimum absolute atomic E-state index is 0.0721. The van der Waals surface area contributed by atoms with Gasteiger partial charge in [-0.25, -0.2) is 4.63 Å². The largest absolute Gasteiger partial charge is 0.473 e. The highest BCUT2D eigenvalue weighted by Gasteiger charge is 2.40. The van der Waals surface area contributed by atoms with E-state index in [2.05, 4.69) is 19.7 Å². The number of aromatic nitrogens is 2. The van der Waals surface area contributed by atoms with Crippen molar-refractivity contribution in [2.24, 2.45) is 5.73 Å². The maximum Gasteiger partial charge on any atom is 0.442 e. The van der Waals surface area contributed by atoms with Gasteiger partial charge in [-0.1, -0.05) is 0 Å². The fourth-order valence-electron chi connectivity index (χ4n) is 0.604. The summed E-state index contributed by atoms with van der Waals surface area (Å²) in [4.78, 5) is 0. The van der Waals surface area contributed by atoms with E-state index in [1.165, 1.54) is 0 Å². The first-order chi connectivity index (χ1) is 6.05. The van der Waals surface area contributed by atoms with Crippen LogP contribution in [0.25, 0.3) is 0 Å². The maximum absolute atomic E-state index is 12.0. The van der Waals surface area contributed by atoms with Gasteiger partial charge in [0, 0.05) is 6.54 Å². The molecule has 5 nitrogen and oxygen atoms in total. The molecule has 0 saturated carbocycles. The normalized spacial score (nSPS) is 11.7. The van der Waals surface area contributed by atoms with Crippen LogP contribution in [0.1, 0.15) is 5.69 Å². The molecule has 1 rings (SSSR count). The molecule has 0 fully saturated rings. The summed E-state index contributed by atoms with van der Waals surface area (Å²) in [5, 5.41) is 5.60. The van der Waals surface area contributed by atoms with Gasteiger partial charge < -0.3 is 10.5 Å². The number of hydrogen-bond acceptors (Lipinski definition) is 5. The maximum atomic E-state index is 12.0. The molecular weight excluding hydrogens is 191 g/mol. The third kappa shape index (κ3) is 2.31. The smallest absolute Gasteiger partial charge is 0.442 e. The second kappa shape index (κ2) is 3.60. The fourth-order valence-corrected chi connectivity index (χ4v) is 0.604. The molecule has 1 aromatic heterocycles. The Labute approximate surface area is 70.6 Å². The molecule has 0 bridgehead atoms. The van der Waals surface area contributed by atoms with Crippen LogP contribution in [0.3, 0.4) is 0 Å². The number of halogens is 3. The summed E-state index contributed by atoms with van der Waals surface area (Å²) >= 11 is 0. The number of rotatable bonds is 3. The average Bonchev–Trinajstić information content (AvgIpc) is 2.47. The third-order valence-corrected chi connectivity index (χ3v) is 1.08. The van der Waals surface area contributed by atoms with Gasteiger partial charge in [0.15, 0.2) is 0 Å². The molecule has 0 aromatic carbocycles. The summed E-state index contributed by atoms with van der Waals surface area (Å²) in [5.41, 5.74) is 3.74. The number of nitrogens with zero attached hydrogens (tertiary/aromatic N) is 2. The SMILES string of the molecule is NCCOc1nonc1C(F)(F)F. The second-order valence-corrected chi connectivity index (χ2v) is 2.05. The fraction of sp³-hybridized carbons (Fsp3) is 0.600. The van der Waals surface area contributed by atoms with Crippen LogP contribution in [0, 0.1) is 0 Å². The highest BCUT2D eigenvalue weighted by Crippen LogP contribution is 2.33. The van der Waals surface area contributed by atoms with Crippen LogP contribution in [0.4, 0.5) is 13.2 Å². The van der Waals surface area contributed by atoms with Crippen LogP contribution < -0.4 is 10.5 Å². The molecular formula is C5H6F3N3O2. The first-order valence-corrected chi connectivity index (χ1v) is 3.28. The van der Waals surface area contributed by atoms with Gasteiger partial charge in [0.25, 0.3) is 11.6 Å². The molecule has 0 radical (unpaired) electrons. The van der Waals surface area contributed by atoms with Gasteiger partial charge in [-0.05, 0) is 10.3 Å². The van der Waals surface area contributed by atoms with E-state index in [1.807, 2.05) is 0 Å². The summed E-state index contributed by atoms with van der Waals surface area (Å²) in [6.45, 7) is 0.0153. The quantitative estimate of drug-likeness (QED) is 0.760. The first-order valence-electron chi connectivity index (χ1n) is 3.28.